The monoisotopic (exact) mass is 266 g/mol. The summed E-state index contributed by atoms with van der Waals surface area (Å²) in [5.41, 5.74) is 9.92. The van der Waals surface area contributed by atoms with Crippen molar-refractivity contribution in [3.63, 3.8) is 0 Å². The molecule has 0 spiro atoms. The van der Waals surface area contributed by atoms with Gasteiger partial charge in [0.2, 0.25) is 0 Å². The molecule has 0 aliphatic carbocycles. The van der Waals surface area contributed by atoms with Crippen LogP contribution in [-0.2, 0) is 6.54 Å². The zero-order chi connectivity index (χ0) is 14.1. The molecule has 0 amide bonds. The Balaban J connectivity index is 2.17. The molecule has 0 aliphatic rings. The Hall–Kier alpha value is -2.20. The summed E-state index contributed by atoms with van der Waals surface area (Å²) in [5.74, 6) is 1.35. The minimum Gasteiger partial charge on any atom is -0.324 e. The number of aromatic nitrogens is 3. The molecule has 0 unspecified atom stereocenters. The maximum atomic E-state index is 5.82. The molecule has 3 rings (SSSR count). The maximum absolute atomic E-state index is 5.82. The van der Waals surface area contributed by atoms with Crippen molar-refractivity contribution in [3.05, 3.63) is 54.0 Å². The summed E-state index contributed by atoms with van der Waals surface area (Å²) >= 11 is 0. The van der Waals surface area contributed by atoms with Crippen molar-refractivity contribution in [3.8, 4) is 5.69 Å². The first-order chi connectivity index (χ1) is 9.70. The molecule has 2 N–H and O–H groups in total. The van der Waals surface area contributed by atoms with Crippen LogP contribution in [0.2, 0.25) is 0 Å². The third-order valence-electron chi connectivity index (χ3n) is 3.49. The highest BCUT2D eigenvalue weighted by Crippen LogP contribution is 2.22. The van der Waals surface area contributed by atoms with E-state index >= 15 is 0 Å². The summed E-state index contributed by atoms with van der Waals surface area (Å²) in [6.07, 6.45) is 1.78. The van der Waals surface area contributed by atoms with Crippen molar-refractivity contribution in [2.45, 2.75) is 26.3 Å². The number of hydrogen-bond donors (Lipinski definition) is 1. The molecule has 0 atom stereocenters. The molecule has 0 saturated heterocycles. The fraction of sp³-hybridized carbons (Fsp3) is 0.250. The van der Waals surface area contributed by atoms with Crippen LogP contribution in [0.15, 0.2) is 42.6 Å². The van der Waals surface area contributed by atoms with E-state index in [0.29, 0.717) is 12.5 Å². The average Bonchev–Trinajstić information content (AvgIpc) is 2.85. The topological polar surface area (TPSA) is 56.7 Å². The third kappa shape index (κ3) is 2.08. The predicted octanol–water partition coefficient (Wildman–Crippen LogP) is 3.00. The quantitative estimate of drug-likeness (QED) is 0.792. The second-order valence-electron chi connectivity index (χ2n) is 5.16. The third-order valence-corrected chi connectivity index (χ3v) is 3.49. The zero-order valence-electron chi connectivity index (χ0n) is 11.7. The second-order valence-corrected chi connectivity index (χ2v) is 5.16. The molecule has 102 valence electrons. The van der Waals surface area contributed by atoms with Gasteiger partial charge in [-0.15, -0.1) is 0 Å². The summed E-state index contributed by atoms with van der Waals surface area (Å²) in [4.78, 5) is 8.97. The molecule has 2 heterocycles. The number of rotatable bonds is 3. The zero-order valence-corrected chi connectivity index (χ0v) is 11.7. The average molecular weight is 266 g/mol. The number of fused-ring (bicyclic) bond motifs is 1. The fourth-order valence-electron chi connectivity index (χ4n) is 2.38. The molecule has 3 aromatic rings. The largest absolute Gasteiger partial charge is 0.324 e. The van der Waals surface area contributed by atoms with Crippen molar-refractivity contribution in [1.82, 2.24) is 14.5 Å². The summed E-state index contributed by atoms with van der Waals surface area (Å²) in [5, 5.41) is 0. The van der Waals surface area contributed by atoms with Gasteiger partial charge in [0, 0.05) is 11.9 Å². The van der Waals surface area contributed by atoms with E-state index in [1.54, 1.807) is 6.20 Å². The first-order valence-electron chi connectivity index (χ1n) is 6.83. The van der Waals surface area contributed by atoms with Gasteiger partial charge < -0.3 is 5.73 Å². The number of nitrogens with two attached hydrogens (primary N) is 1. The Morgan fingerprint density at radius 1 is 1.15 bits per heavy atom. The SMILES string of the molecule is CC(C)c1ccc(-n2c(CN)nc3cccnc32)cc1. The van der Waals surface area contributed by atoms with Crippen LogP contribution in [0.5, 0.6) is 0 Å². The molecule has 0 radical (unpaired) electrons. The molecule has 0 bridgehead atoms. The Kier molecular flexibility index (Phi) is 3.24. The molecule has 0 saturated carbocycles. The standard InChI is InChI=1S/C16H18N4/c1-11(2)12-5-7-13(8-6-12)20-15(10-17)19-14-4-3-9-18-16(14)20/h3-9,11H,10,17H2,1-2H3. The molecule has 4 nitrogen and oxygen atoms in total. The molecule has 2 aromatic heterocycles. The van der Waals surface area contributed by atoms with Crippen molar-refractivity contribution in [1.29, 1.82) is 0 Å². The molecule has 4 heteroatoms. The van der Waals surface area contributed by atoms with E-state index in [2.05, 4.69) is 48.1 Å². The Bertz CT molecular complexity index is 726. The Morgan fingerprint density at radius 2 is 1.90 bits per heavy atom. The van der Waals surface area contributed by atoms with Gasteiger partial charge in [-0.05, 0) is 35.7 Å². The smallest absolute Gasteiger partial charge is 0.164 e. The maximum Gasteiger partial charge on any atom is 0.164 e. The van der Waals surface area contributed by atoms with E-state index in [1.165, 1.54) is 5.56 Å². The van der Waals surface area contributed by atoms with Crippen LogP contribution < -0.4 is 5.73 Å². The molecular weight excluding hydrogens is 248 g/mol. The molecular formula is C16H18N4. The Morgan fingerprint density at radius 3 is 2.55 bits per heavy atom. The lowest BCUT2D eigenvalue weighted by molar-refractivity contribution is 0.857. The lowest BCUT2D eigenvalue weighted by atomic mass is 10.0. The van der Waals surface area contributed by atoms with Crippen LogP contribution >= 0.6 is 0 Å². The normalized spacial score (nSPS) is 11.4. The van der Waals surface area contributed by atoms with E-state index in [4.69, 9.17) is 5.73 Å². The van der Waals surface area contributed by atoms with Crippen LogP contribution in [0.25, 0.3) is 16.9 Å². The van der Waals surface area contributed by atoms with Crippen LogP contribution in [0.1, 0.15) is 31.2 Å². The first kappa shape index (κ1) is 12.8. The van der Waals surface area contributed by atoms with E-state index < -0.39 is 0 Å². The van der Waals surface area contributed by atoms with Crippen LogP contribution in [0.4, 0.5) is 0 Å². The number of benzene rings is 1. The van der Waals surface area contributed by atoms with Crippen LogP contribution in [0, 0.1) is 0 Å². The summed E-state index contributed by atoms with van der Waals surface area (Å²) in [7, 11) is 0. The molecule has 0 aliphatic heterocycles. The number of hydrogen-bond acceptors (Lipinski definition) is 3. The minimum absolute atomic E-state index is 0.391. The number of imidazole rings is 1. The van der Waals surface area contributed by atoms with Crippen LogP contribution in [0.3, 0.4) is 0 Å². The minimum atomic E-state index is 0.391. The van der Waals surface area contributed by atoms with Crippen molar-refractivity contribution < 1.29 is 0 Å². The van der Waals surface area contributed by atoms with Crippen molar-refractivity contribution in [2.75, 3.05) is 0 Å². The Labute approximate surface area is 118 Å². The summed E-state index contributed by atoms with van der Waals surface area (Å²) in [6.45, 7) is 4.77. The number of nitrogens with zero attached hydrogens (tertiary/aromatic N) is 3. The van der Waals surface area contributed by atoms with E-state index in [1.807, 2.05) is 16.7 Å². The predicted molar refractivity (Wildman–Crippen MR) is 80.8 cm³/mol. The van der Waals surface area contributed by atoms with Crippen molar-refractivity contribution >= 4 is 11.2 Å². The highest BCUT2D eigenvalue weighted by Gasteiger charge is 2.12. The van der Waals surface area contributed by atoms with Gasteiger partial charge in [-0.2, -0.15) is 0 Å². The molecule has 0 fully saturated rings. The number of pyridine rings is 1. The summed E-state index contributed by atoms with van der Waals surface area (Å²) in [6, 6.07) is 12.3. The molecule has 1 aromatic carbocycles. The van der Waals surface area contributed by atoms with E-state index in [-0.39, 0.29) is 0 Å². The van der Waals surface area contributed by atoms with Crippen LogP contribution in [-0.4, -0.2) is 14.5 Å². The first-order valence-corrected chi connectivity index (χ1v) is 6.83. The van der Waals surface area contributed by atoms with Gasteiger partial charge >= 0.3 is 0 Å². The van der Waals surface area contributed by atoms with Gasteiger partial charge in [0.25, 0.3) is 0 Å². The van der Waals surface area contributed by atoms with Gasteiger partial charge in [0.1, 0.15) is 11.3 Å². The van der Waals surface area contributed by atoms with Gasteiger partial charge in [0.05, 0.1) is 6.54 Å². The molecule has 20 heavy (non-hydrogen) atoms. The highest BCUT2D eigenvalue weighted by atomic mass is 15.1. The van der Waals surface area contributed by atoms with Gasteiger partial charge in [-0.3, -0.25) is 4.57 Å². The van der Waals surface area contributed by atoms with Gasteiger partial charge in [-0.1, -0.05) is 26.0 Å². The second kappa shape index (κ2) is 5.06. The fourth-order valence-corrected chi connectivity index (χ4v) is 2.38. The highest BCUT2D eigenvalue weighted by molar-refractivity contribution is 5.73. The van der Waals surface area contributed by atoms with Gasteiger partial charge in [-0.25, -0.2) is 9.97 Å². The lowest BCUT2D eigenvalue weighted by Gasteiger charge is -2.10. The lowest BCUT2D eigenvalue weighted by Crippen LogP contribution is -2.07. The van der Waals surface area contributed by atoms with E-state index in [9.17, 15) is 0 Å². The van der Waals surface area contributed by atoms with Gasteiger partial charge in [0.15, 0.2) is 5.65 Å². The van der Waals surface area contributed by atoms with Crippen molar-refractivity contribution in [2.24, 2.45) is 5.73 Å². The summed E-state index contributed by atoms with van der Waals surface area (Å²) < 4.78 is 2.03. The van der Waals surface area contributed by atoms with E-state index in [0.717, 1.165) is 22.7 Å².